The third-order valence-corrected chi connectivity index (χ3v) is 5.37. The molecule has 4 aromatic rings. The molecule has 0 atom stereocenters. The number of carbonyl (C=O) groups excluding carboxylic acids is 1. The quantitative estimate of drug-likeness (QED) is 0.547. The molecule has 2 aromatic carbocycles. The van der Waals surface area contributed by atoms with Crippen molar-refractivity contribution in [1.29, 1.82) is 0 Å². The van der Waals surface area contributed by atoms with Gasteiger partial charge in [-0.2, -0.15) is 0 Å². The molecule has 2 aromatic heterocycles. The molecular formula is C24H24N4O2. The molecule has 0 saturated carbocycles. The van der Waals surface area contributed by atoms with Crippen LogP contribution in [0.3, 0.4) is 0 Å². The van der Waals surface area contributed by atoms with Crippen LogP contribution in [0.4, 0.5) is 5.69 Å². The average Bonchev–Trinajstić information content (AvgIpc) is 3.10. The van der Waals surface area contributed by atoms with Gasteiger partial charge in [0.15, 0.2) is 0 Å². The molecule has 6 nitrogen and oxygen atoms in total. The molecule has 1 N–H and O–H groups in total. The smallest absolute Gasteiger partial charge is 0.277 e. The van der Waals surface area contributed by atoms with Crippen molar-refractivity contribution in [3.63, 3.8) is 0 Å². The van der Waals surface area contributed by atoms with Crippen molar-refractivity contribution in [2.24, 2.45) is 0 Å². The summed E-state index contributed by atoms with van der Waals surface area (Å²) in [5.41, 5.74) is 5.71. The number of hydrogen-bond acceptors (Lipinski definition) is 3. The Morgan fingerprint density at radius 1 is 1.03 bits per heavy atom. The zero-order valence-corrected chi connectivity index (χ0v) is 17.3. The Bertz CT molecular complexity index is 1290. The molecule has 4 rings (SSSR count). The van der Waals surface area contributed by atoms with E-state index < -0.39 is 0 Å². The standard InChI is InChI=1S/C24H24N4O2/c1-4-27-15-25-22-20(18-8-6-5-7-9-18)13-28(23(22)24(27)30)14-21(29)26-19-11-10-16(2)17(3)12-19/h5-13,15H,4,14H2,1-3H3,(H,26,29). The van der Waals surface area contributed by atoms with Gasteiger partial charge in [0.25, 0.3) is 5.56 Å². The maximum Gasteiger partial charge on any atom is 0.277 e. The predicted molar refractivity (Wildman–Crippen MR) is 120 cm³/mol. The van der Waals surface area contributed by atoms with Crippen LogP contribution in [0, 0.1) is 13.8 Å². The highest BCUT2D eigenvalue weighted by Gasteiger charge is 2.17. The first-order valence-electron chi connectivity index (χ1n) is 9.98. The average molecular weight is 400 g/mol. The number of hydrogen-bond donors (Lipinski definition) is 1. The van der Waals surface area contributed by atoms with E-state index in [4.69, 9.17) is 0 Å². The molecule has 0 aliphatic heterocycles. The Morgan fingerprint density at radius 3 is 2.50 bits per heavy atom. The Morgan fingerprint density at radius 2 is 1.80 bits per heavy atom. The molecule has 0 aliphatic carbocycles. The molecule has 2 heterocycles. The topological polar surface area (TPSA) is 68.9 Å². The molecule has 0 radical (unpaired) electrons. The van der Waals surface area contributed by atoms with E-state index in [0.29, 0.717) is 17.6 Å². The van der Waals surface area contributed by atoms with E-state index in [1.807, 2.05) is 75.5 Å². The van der Waals surface area contributed by atoms with E-state index in [0.717, 1.165) is 22.4 Å². The minimum absolute atomic E-state index is 0.0287. The number of nitrogens with one attached hydrogen (secondary N) is 1. The maximum atomic E-state index is 13.0. The van der Waals surface area contributed by atoms with Crippen LogP contribution in [0.15, 0.2) is 65.8 Å². The van der Waals surface area contributed by atoms with Gasteiger partial charge in [0.05, 0.1) is 6.33 Å². The number of aromatic nitrogens is 3. The largest absolute Gasteiger partial charge is 0.332 e. The van der Waals surface area contributed by atoms with Crippen molar-refractivity contribution < 1.29 is 4.79 Å². The summed E-state index contributed by atoms with van der Waals surface area (Å²) in [4.78, 5) is 30.3. The second kappa shape index (κ2) is 7.99. The lowest BCUT2D eigenvalue weighted by Crippen LogP contribution is -2.24. The van der Waals surface area contributed by atoms with Crippen LogP contribution in [0.25, 0.3) is 22.2 Å². The van der Waals surface area contributed by atoms with E-state index in [2.05, 4.69) is 10.3 Å². The lowest BCUT2D eigenvalue weighted by atomic mass is 10.1. The van der Waals surface area contributed by atoms with Crippen LogP contribution in [0.5, 0.6) is 0 Å². The molecule has 0 unspecified atom stereocenters. The monoisotopic (exact) mass is 400 g/mol. The molecular weight excluding hydrogens is 376 g/mol. The Hall–Kier alpha value is -3.67. The van der Waals surface area contributed by atoms with Gasteiger partial charge in [0, 0.05) is 24.0 Å². The van der Waals surface area contributed by atoms with E-state index in [1.54, 1.807) is 15.5 Å². The number of rotatable bonds is 5. The number of amides is 1. The van der Waals surface area contributed by atoms with Crippen LogP contribution in [0.1, 0.15) is 18.1 Å². The minimum atomic E-state index is -0.193. The summed E-state index contributed by atoms with van der Waals surface area (Å²) < 4.78 is 3.25. The molecule has 6 heteroatoms. The highest BCUT2D eigenvalue weighted by atomic mass is 16.2. The van der Waals surface area contributed by atoms with Crippen LogP contribution in [-0.4, -0.2) is 20.0 Å². The first-order valence-corrected chi connectivity index (χ1v) is 9.98. The Kier molecular flexibility index (Phi) is 5.23. The number of aryl methyl sites for hydroxylation is 3. The Labute approximate surface area is 174 Å². The summed E-state index contributed by atoms with van der Waals surface area (Å²) in [6.45, 7) is 6.48. The lowest BCUT2D eigenvalue weighted by Gasteiger charge is -2.09. The van der Waals surface area contributed by atoms with Crippen molar-refractivity contribution in [3.05, 3.63) is 82.5 Å². The fourth-order valence-electron chi connectivity index (χ4n) is 3.57. The van der Waals surface area contributed by atoms with Gasteiger partial charge in [0.2, 0.25) is 5.91 Å². The van der Waals surface area contributed by atoms with Gasteiger partial charge in [-0.15, -0.1) is 0 Å². The molecule has 30 heavy (non-hydrogen) atoms. The van der Waals surface area contributed by atoms with Crippen LogP contribution >= 0.6 is 0 Å². The summed E-state index contributed by atoms with van der Waals surface area (Å²) in [7, 11) is 0. The van der Waals surface area contributed by atoms with E-state index in [1.165, 1.54) is 5.56 Å². The third-order valence-electron chi connectivity index (χ3n) is 5.37. The van der Waals surface area contributed by atoms with Gasteiger partial charge in [-0.3, -0.25) is 14.2 Å². The fraction of sp³-hybridized carbons (Fsp3) is 0.208. The van der Waals surface area contributed by atoms with Crippen LogP contribution in [-0.2, 0) is 17.9 Å². The molecule has 0 fully saturated rings. The molecule has 0 bridgehead atoms. The zero-order valence-electron chi connectivity index (χ0n) is 17.3. The minimum Gasteiger partial charge on any atom is -0.332 e. The second-order valence-electron chi connectivity index (χ2n) is 7.42. The third kappa shape index (κ3) is 3.64. The van der Waals surface area contributed by atoms with Crippen molar-refractivity contribution in [2.75, 3.05) is 5.32 Å². The summed E-state index contributed by atoms with van der Waals surface area (Å²) >= 11 is 0. The van der Waals surface area contributed by atoms with Gasteiger partial charge in [-0.1, -0.05) is 36.4 Å². The SMILES string of the molecule is CCn1cnc2c(-c3ccccc3)cn(CC(=O)Nc3ccc(C)c(C)c3)c2c1=O. The van der Waals surface area contributed by atoms with Crippen molar-refractivity contribution in [1.82, 2.24) is 14.1 Å². The van der Waals surface area contributed by atoms with Gasteiger partial charge >= 0.3 is 0 Å². The van der Waals surface area contributed by atoms with Gasteiger partial charge in [-0.25, -0.2) is 4.98 Å². The summed E-state index contributed by atoms with van der Waals surface area (Å²) in [5.74, 6) is -0.193. The predicted octanol–water partition coefficient (Wildman–Crippen LogP) is 4.14. The summed E-state index contributed by atoms with van der Waals surface area (Å²) in [6.07, 6.45) is 3.41. The second-order valence-corrected chi connectivity index (χ2v) is 7.42. The molecule has 0 saturated heterocycles. The van der Waals surface area contributed by atoms with Crippen LogP contribution < -0.4 is 10.9 Å². The first kappa shape index (κ1) is 19.6. The zero-order chi connectivity index (χ0) is 21.3. The molecule has 0 spiro atoms. The fourth-order valence-corrected chi connectivity index (χ4v) is 3.57. The number of benzene rings is 2. The normalized spacial score (nSPS) is 11.0. The highest BCUT2D eigenvalue weighted by Crippen LogP contribution is 2.27. The van der Waals surface area contributed by atoms with Gasteiger partial charge in [0.1, 0.15) is 17.6 Å². The van der Waals surface area contributed by atoms with Crippen molar-refractivity contribution in [2.45, 2.75) is 33.9 Å². The highest BCUT2D eigenvalue weighted by molar-refractivity contribution is 5.95. The number of nitrogens with zero attached hydrogens (tertiary/aromatic N) is 3. The van der Waals surface area contributed by atoms with Gasteiger partial charge in [-0.05, 0) is 49.6 Å². The first-order chi connectivity index (χ1) is 14.5. The summed E-state index contributed by atoms with van der Waals surface area (Å²) in [5, 5.41) is 2.93. The maximum absolute atomic E-state index is 13.0. The van der Waals surface area contributed by atoms with Crippen LogP contribution in [0.2, 0.25) is 0 Å². The lowest BCUT2D eigenvalue weighted by molar-refractivity contribution is -0.116. The van der Waals surface area contributed by atoms with Gasteiger partial charge < -0.3 is 9.88 Å². The van der Waals surface area contributed by atoms with E-state index in [9.17, 15) is 9.59 Å². The molecule has 152 valence electrons. The molecule has 1 amide bonds. The Balaban J connectivity index is 1.75. The van der Waals surface area contributed by atoms with E-state index in [-0.39, 0.29) is 18.0 Å². The number of fused-ring (bicyclic) bond motifs is 1. The summed E-state index contributed by atoms with van der Waals surface area (Å²) in [6, 6.07) is 15.6. The van der Waals surface area contributed by atoms with Crippen molar-refractivity contribution >= 4 is 22.6 Å². The number of anilines is 1. The molecule has 0 aliphatic rings. The van der Waals surface area contributed by atoms with Crippen molar-refractivity contribution in [3.8, 4) is 11.1 Å². The van der Waals surface area contributed by atoms with E-state index >= 15 is 0 Å². The number of carbonyl (C=O) groups is 1.